The summed E-state index contributed by atoms with van der Waals surface area (Å²) in [4.78, 5) is 16.6. The number of nitrogens with one attached hydrogen (secondary N) is 1. The van der Waals surface area contributed by atoms with Gasteiger partial charge in [0.1, 0.15) is 18.5 Å². The number of anilines is 1. The first kappa shape index (κ1) is 20.0. The molecule has 0 spiro atoms. The zero-order chi connectivity index (χ0) is 22.1. The van der Waals surface area contributed by atoms with E-state index >= 15 is 0 Å². The molecule has 0 saturated carbocycles. The first-order chi connectivity index (χ1) is 15.6. The van der Waals surface area contributed by atoms with Crippen LogP contribution in [-0.4, -0.2) is 27.4 Å². The Balaban J connectivity index is 1.24. The third kappa shape index (κ3) is 3.65. The maximum absolute atomic E-state index is 12.4. The Hall–Kier alpha value is -3.90. The lowest BCUT2D eigenvalue weighted by Gasteiger charge is -2.15. The van der Waals surface area contributed by atoms with Gasteiger partial charge in [-0.25, -0.2) is 9.78 Å². The number of aliphatic hydroxyl groups excluding tert-OH is 1. The van der Waals surface area contributed by atoms with Crippen LogP contribution in [0.15, 0.2) is 85.2 Å². The van der Waals surface area contributed by atoms with Gasteiger partial charge in [-0.05, 0) is 39.9 Å². The fourth-order valence-electron chi connectivity index (χ4n) is 4.29. The lowest BCUT2D eigenvalue weighted by atomic mass is 9.98. The largest absolute Gasteiger partial charge is 0.448 e. The number of hydrogen-bond donors (Lipinski definition) is 2. The molecule has 4 aromatic rings. The van der Waals surface area contributed by atoms with Gasteiger partial charge >= 0.3 is 6.09 Å². The van der Waals surface area contributed by atoms with Crippen molar-refractivity contribution in [2.24, 2.45) is 7.05 Å². The summed E-state index contributed by atoms with van der Waals surface area (Å²) in [5.41, 5.74) is 6.02. The number of amides is 1. The molecular weight excluding hydrogens is 402 g/mol. The highest BCUT2D eigenvalue weighted by Crippen LogP contribution is 2.44. The highest BCUT2D eigenvalue weighted by atomic mass is 16.5. The Morgan fingerprint density at radius 3 is 2.25 bits per heavy atom. The Labute approximate surface area is 186 Å². The summed E-state index contributed by atoms with van der Waals surface area (Å²) in [6.45, 7) is 0.260. The predicted molar refractivity (Wildman–Crippen MR) is 122 cm³/mol. The standard InChI is InChI=1S/C26H23N3O3/c1-29-15-14-27-25(29)24(30)17-10-12-18(13-11-17)28-26(31)32-16-23-21-8-4-2-6-19(21)20-7-3-5-9-22(20)23/h2-15,23-24,30H,16H2,1H3,(H,28,31). The van der Waals surface area contributed by atoms with Crippen molar-refractivity contribution in [3.8, 4) is 11.1 Å². The topological polar surface area (TPSA) is 76.4 Å². The Morgan fingerprint density at radius 1 is 1.03 bits per heavy atom. The van der Waals surface area contributed by atoms with Gasteiger partial charge in [0.2, 0.25) is 0 Å². The molecule has 1 unspecified atom stereocenters. The predicted octanol–water partition coefficient (Wildman–Crippen LogP) is 4.86. The minimum Gasteiger partial charge on any atom is -0.448 e. The third-order valence-corrected chi connectivity index (χ3v) is 5.92. The number of aryl methyl sites for hydroxylation is 1. The van der Waals surface area contributed by atoms with Gasteiger partial charge in [-0.15, -0.1) is 0 Å². The zero-order valence-corrected chi connectivity index (χ0v) is 17.6. The normalized spacial score (nSPS) is 13.3. The number of aromatic nitrogens is 2. The Bertz CT molecular complexity index is 1220. The Kier molecular flexibility index (Phi) is 5.21. The molecule has 1 heterocycles. The third-order valence-electron chi connectivity index (χ3n) is 5.92. The Morgan fingerprint density at radius 2 is 1.66 bits per heavy atom. The summed E-state index contributed by atoms with van der Waals surface area (Å²) < 4.78 is 7.35. The van der Waals surface area contributed by atoms with Crippen LogP contribution in [0.25, 0.3) is 11.1 Å². The van der Waals surface area contributed by atoms with Crippen molar-refractivity contribution < 1.29 is 14.6 Å². The fourth-order valence-corrected chi connectivity index (χ4v) is 4.29. The second-order valence-electron chi connectivity index (χ2n) is 7.87. The second-order valence-corrected chi connectivity index (χ2v) is 7.87. The van der Waals surface area contributed by atoms with Crippen molar-refractivity contribution in [2.75, 3.05) is 11.9 Å². The number of carbonyl (C=O) groups is 1. The van der Waals surface area contributed by atoms with Crippen LogP contribution in [0.1, 0.15) is 34.5 Å². The van der Waals surface area contributed by atoms with Crippen molar-refractivity contribution in [2.45, 2.75) is 12.0 Å². The molecule has 1 aliphatic carbocycles. The molecule has 2 N–H and O–H groups in total. The first-order valence-electron chi connectivity index (χ1n) is 10.5. The summed E-state index contributed by atoms with van der Waals surface area (Å²) in [7, 11) is 1.83. The molecule has 1 amide bonds. The summed E-state index contributed by atoms with van der Waals surface area (Å²) in [6, 6.07) is 23.5. The fraction of sp³-hybridized carbons (Fsp3) is 0.154. The molecule has 160 valence electrons. The minimum atomic E-state index is -0.835. The van der Waals surface area contributed by atoms with Crippen LogP contribution in [0.2, 0.25) is 0 Å². The van der Waals surface area contributed by atoms with E-state index in [1.165, 1.54) is 22.3 Å². The molecule has 6 nitrogen and oxygen atoms in total. The van der Waals surface area contributed by atoms with Crippen LogP contribution in [0.5, 0.6) is 0 Å². The molecule has 32 heavy (non-hydrogen) atoms. The number of ether oxygens (including phenoxy) is 1. The number of hydrogen-bond acceptors (Lipinski definition) is 4. The van der Waals surface area contributed by atoms with Gasteiger partial charge in [-0.3, -0.25) is 5.32 Å². The van der Waals surface area contributed by atoms with Gasteiger partial charge in [0.25, 0.3) is 0 Å². The highest BCUT2D eigenvalue weighted by molar-refractivity contribution is 5.85. The van der Waals surface area contributed by atoms with Crippen molar-refractivity contribution >= 4 is 11.8 Å². The van der Waals surface area contributed by atoms with Crippen molar-refractivity contribution in [3.05, 3.63) is 108 Å². The summed E-state index contributed by atoms with van der Waals surface area (Å²) in [5, 5.41) is 13.3. The van der Waals surface area contributed by atoms with E-state index < -0.39 is 12.2 Å². The summed E-state index contributed by atoms with van der Waals surface area (Å²) in [5.74, 6) is 0.575. The SMILES string of the molecule is Cn1ccnc1C(O)c1ccc(NC(=O)OCC2c3ccccc3-c3ccccc32)cc1. The molecule has 1 aromatic heterocycles. The van der Waals surface area contributed by atoms with Crippen molar-refractivity contribution in [1.82, 2.24) is 9.55 Å². The van der Waals surface area contributed by atoms with Gasteiger partial charge in [0.05, 0.1) is 0 Å². The van der Waals surface area contributed by atoms with E-state index in [9.17, 15) is 9.90 Å². The average molecular weight is 425 g/mol. The number of benzene rings is 3. The zero-order valence-electron chi connectivity index (χ0n) is 17.6. The number of imidazole rings is 1. The number of carbonyl (C=O) groups excluding carboxylic acids is 1. The molecule has 0 radical (unpaired) electrons. The van der Waals surface area contributed by atoms with E-state index in [2.05, 4.69) is 34.6 Å². The van der Waals surface area contributed by atoms with E-state index in [0.717, 1.165) is 0 Å². The lowest BCUT2D eigenvalue weighted by molar-refractivity contribution is 0.158. The van der Waals surface area contributed by atoms with Crippen molar-refractivity contribution in [3.63, 3.8) is 0 Å². The minimum absolute atomic E-state index is 0.0171. The number of rotatable bonds is 5. The smallest absolute Gasteiger partial charge is 0.411 e. The van der Waals surface area contributed by atoms with E-state index in [1.54, 1.807) is 41.2 Å². The molecule has 1 aliphatic rings. The van der Waals surface area contributed by atoms with Crippen LogP contribution >= 0.6 is 0 Å². The maximum Gasteiger partial charge on any atom is 0.411 e. The van der Waals surface area contributed by atoms with Crippen LogP contribution in [0.3, 0.4) is 0 Å². The maximum atomic E-state index is 12.4. The monoisotopic (exact) mass is 425 g/mol. The average Bonchev–Trinajstić information content (AvgIpc) is 3.39. The van der Waals surface area contributed by atoms with Crippen LogP contribution in [0.4, 0.5) is 10.5 Å². The van der Waals surface area contributed by atoms with E-state index in [0.29, 0.717) is 17.1 Å². The van der Waals surface area contributed by atoms with Crippen LogP contribution in [-0.2, 0) is 11.8 Å². The van der Waals surface area contributed by atoms with E-state index in [1.807, 2.05) is 31.3 Å². The quantitative estimate of drug-likeness (QED) is 0.479. The molecule has 1 atom stereocenters. The number of aliphatic hydroxyl groups is 1. The van der Waals surface area contributed by atoms with Gasteiger partial charge in [-0.1, -0.05) is 60.7 Å². The highest BCUT2D eigenvalue weighted by Gasteiger charge is 2.29. The van der Waals surface area contributed by atoms with Crippen LogP contribution < -0.4 is 5.32 Å². The molecule has 0 fully saturated rings. The second kappa shape index (κ2) is 8.32. The van der Waals surface area contributed by atoms with E-state index in [-0.39, 0.29) is 12.5 Å². The van der Waals surface area contributed by atoms with Gasteiger partial charge in [0.15, 0.2) is 0 Å². The molecule has 0 bridgehead atoms. The molecule has 5 rings (SSSR count). The molecule has 0 saturated heterocycles. The van der Waals surface area contributed by atoms with Gasteiger partial charge in [-0.2, -0.15) is 0 Å². The van der Waals surface area contributed by atoms with Gasteiger partial charge in [0, 0.05) is 31.0 Å². The molecule has 3 aromatic carbocycles. The number of fused-ring (bicyclic) bond motifs is 3. The summed E-state index contributed by atoms with van der Waals surface area (Å²) in [6.07, 6.45) is 2.08. The lowest BCUT2D eigenvalue weighted by Crippen LogP contribution is -2.18. The van der Waals surface area contributed by atoms with Crippen molar-refractivity contribution in [1.29, 1.82) is 0 Å². The molecular formula is C26H23N3O3. The van der Waals surface area contributed by atoms with Crippen LogP contribution in [0, 0.1) is 0 Å². The van der Waals surface area contributed by atoms with E-state index in [4.69, 9.17) is 4.74 Å². The molecule has 6 heteroatoms. The van der Waals surface area contributed by atoms with Gasteiger partial charge < -0.3 is 14.4 Å². The number of nitrogens with zero attached hydrogens (tertiary/aromatic N) is 2. The first-order valence-corrected chi connectivity index (χ1v) is 10.5. The molecule has 0 aliphatic heterocycles. The summed E-state index contributed by atoms with van der Waals surface area (Å²) >= 11 is 0.